The Hall–Kier alpha value is -3.13. The zero-order valence-electron chi connectivity index (χ0n) is 16.8. The van der Waals surface area contributed by atoms with Crippen LogP contribution in [0.15, 0.2) is 42.5 Å². The first-order valence-electron chi connectivity index (χ1n) is 9.35. The third-order valence-electron chi connectivity index (χ3n) is 3.87. The summed E-state index contributed by atoms with van der Waals surface area (Å²) in [5.41, 5.74) is 0.937. The van der Waals surface area contributed by atoms with E-state index in [1.54, 1.807) is 48.3 Å². The third-order valence-corrected chi connectivity index (χ3v) is 3.87. The van der Waals surface area contributed by atoms with Gasteiger partial charge in [0.05, 0.1) is 19.8 Å². The predicted molar refractivity (Wildman–Crippen MR) is 109 cm³/mol. The van der Waals surface area contributed by atoms with Gasteiger partial charge >= 0.3 is 6.03 Å². The standard InChI is InChI=1S/C21H26FN3O4/c1-4-28-18-11-10-16(12-19(18)29-5-2)23-21(27)24-20(26)14-25(3)13-15-8-6-7-9-17(15)22/h6-12H,4-5,13-14H2,1-3H3,(H2,23,24,26,27). The van der Waals surface area contributed by atoms with E-state index < -0.39 is 11.9 Å². The van der Waals surface area contributed by atoms with E-state index in [0.29, 0.717) is 36.0 Å². The van der Waals surface area contributed by atoms with E-state index in [1.807, 2.05) is 13.8 Å². The Balaban J connectivity index is 1.88. The molecule has 3 amide bonds. The fourth-order valence-electron chi connectivity index (χ4n) is 2.68. The summed E-state index contributed by atoms with van der Waals surface area (Å²) in [6.45, 7) is 4.83. The van der Waals surface area contributed by atoms with Crippen molar-refractivity contribution in [3.63, 3.8) is 0 Å². The van der Waals surface area contributed by atoms with Gasteiger partial charge in [-0.25, -0.2) is 9.18 Å². The Kier molecular flexibility index (Phi) is 8.42. The molecule has 8 heteroatoms. The highest BCUT2D eigenvalue weighted by Crippen LogP contribution is 2.30. The van der Waals surface area contributed by atoms with Crippen LogP contribution in [0.4, 0.5) is 14.9 Å². The first-order valence-corrected chi connectivity index (χ1v) is 9.35. The SMILES string of the molecule is CCOc1ccc(NC(=O)NC(=O)CN(C)Cc2ccccc2F)cc1OCC. The minimum atomic E-state index is -0.666. The molecule has 0 spiro atoms. The second-order valence-electron chi connectivity index (χ2n) is 6.29. The number of hydrogen-bond acceptors (Lipinski definition) is 5. The lowest BCUT2D eigenvalue weighted by Crippen LogP contribution is -2.40. The lowest BCUT2D eigenvalue weighted by Gasteiger charge is -2.17. The monoisotopic (exact) mass is 403 g/mol. The van der Waals surface area contributed by atoms with Crippen molar-refractivity contribution >= 4 is 17.6 Å². The van der Waals surface area contributed by atoms with Crippen LogP contribution in [0.1, 0.15) is 19.4 Å². The molecule has 0 radical (unpaired) electrons. The van der Waals surface area contributed by atoms with Crippen molar-refractivity contribution in [2.24, 2.45) is 0 Å². The second kappa shape index (κ2) is 11.0. The Labute approximate surface area is 169 Å². The van der Waals surface area contributed by atoms with Gasteiger partial charge in [0.25, 0.3) is 0 Å². The molecular weight excluding hydrogens is 377 g/mol. The molecule has 0 atom stereocenters. The lowest BCUT2D eigenvalue weighted by atomic mass is 10.2. The van der Waals surface area contributed by atoms with Crippen LogP contribution < -0.4 is 20.1 Å². The Morgan fingerprint density at radius 2 is 1.72 bits per heavy atom. The van der Waals surface area contributed by atoms with Crippen molar-refractivity contribution in [3.8, 4) is 11.5 Å². The van der Waals surface area contributed by atoms with Crippen LogP contribution >= 0.6 is 0 Å². The van der Waals surface area contributed by atoms with Gasteiger partial charge in [-0.05, 0) is 39.1 Å². The third kappa shape index (κ3) is 7.08. The number of nitrogens with zero attached hydrogens (tertiary/aromatic N) is 1. The molecule has 0 bridgehead atoms. The van der Waals surface area contributed by atoms with Crippen LogP contribution in [0.25, 0.3) is 0 Å². The zero-order valence-corrected chi connectivity index (χ0v) is 16.8. The van der Waals surface area contributed by atoms with Crippen LogP contribution in [0.5, 0.6) is 11.5 Å². The number of likely N-dealkylation sites (N-methyl/N-ethyl adjacent to an activating group) is 1. The first kappa shape index (κ1) is 22.2. The summed E-state index contributed by atoms with van der Waals surface area (Å²) in [5, 5.41) is 4.84. The molecule has 7 nitrogen and oxygen atoms in total. The lowest BCUT2D eigenvalue weighted by molar-refractivity contribution is -0.120. The Bertz CT molecular complexity index is 844. The molecular formula is C21H26FN3O4. The van der Waals surface area contributed by atoms with Gasteiger partial charge in [-0.15, -0.1) is 0 Å². The number of rotatable bonds is 9. The van der Waals surface area contributed by atoms with Gasteiger partial charge in [-0.3, -0.25) is 15.0 Å². The largest absolute Gasteiger partial charge is 0.490 e. The maximum Gasteiger partial charge on any atom is 0.325 e. The molecule has 0 fully saturated rings. The van der Waals surface area contributed by atoms with Gasteiger partial charge in [-0.2, -0.15) is 0 Å². The highest BCUT2D eigenvalue weighted by molar-refractivity contribution is 6.01. The summed E-state index contributed by atoms with van der Waals surface area (Å²) in [7, 11) is 1.67. The summed E-state index contributed by atoms with van der Waals surface area (Å²) in [5.74, 6) is 0.240. The van der Waals surface area contributed by atoms with Crippen molar-refractivity contribution in [3.05, 3.63) is 53.8 Å². The molecule has 2 aromatic carbocycles. The van der Waals surface area contributed by atoms with E-state index in [1.165, 1.54) is 6.07 Å². The molecule has 156 valence electrons. The number of carbonyl (C=O) groups is 2. The molecule has 0 unspecified atom stereocenters. The number of halogens is 1. The van der Waals surface area contributed by atoms with E-state index in [0.717, 1.165) is 0 Å². The van der Waals surface area contributed by atoms with E-state index in [2.05, 4.69) is 10.6 Å². The van der Waals surface area contributed by atoms with Crippen LogP contribution in [-0.2, 0) is 11.3 Å². The zero-order chi connectivity index (χ0) is 21.2. The maximum atomic E-state index is 13.7. The number of ether oxygens (including phenoxy) is 2. The molecule has 2 aromatic rings. The molecule has 29 heavy (non-hydrogen) atoms. The van der Waals surface area contributed by atoms with Gasteiger partial charge in [-0.1, -0.05) is 18.2 Å². The number of hydrogen-bond donors (Lipinski definition) is 2. The molecule has 0 saturated carbocycles. The minimum Gasteiger partial charge on any atom is -0.490 e. The normalized spacial score (nSPS) is 10.5. The molecule has 0 saturated heterocycles. The summed E-state index contributed by atoms with van der Waals surface area (Å²) in [6.07, 6.45) is 0. The number of benzene rings is 2. The van der Waals surface area contributed by atoms with Gasteiger partial charge in [0.2, 0.25) is 5.91 Å². The van der Waals surface area contributed by atoms with E-state index in [9.17, 15) is 14.0 Å². The predicted octanol–water partition coefficient (Wildman–Crippen LogP) is 3.40. The van der Waals surface area contributed by atoms with Crippen LogP contribution in [0.3, 0.4) is 0 Å². The van der Waals surface area contributed by atoms with Gasteiger partial charge in [0.15, 0.2) is 11.5 Å². The second-order valence-corrected chi connectivity index (χ2v) is 6.29. The van der Waals surface area contributed by atoms with Gasteiger partial charge in [0.1, 0.15) is 5.82 Å². The maximum absolute atomic E-state index is 13.7. The smallest absolute Gasteiger partial charge is 0.325 e. The topological polar surface area (TPSA) is 79.9 Å². The Morgan fingerprint density at radius 1 is 1.03 bits per heavy atom. The summed E-state index contributed by atoms with van der Waals surface area (Å²) < 4.78 is 24.7. The van der Waals surface area contributed by atoms with Crippen molar-refractivity contribution in [2.75, 3.05) is 32.1 Å². The number of anilines is 1. The molecule has 0 aromatic heterocycles. The van der Waals surface area contributed by atoms with E-state index in [4.69, 9.17) is 9.47 Å². The highest BCUT2D eigenvalue weighted by Gasteiger charge is 2.13. The molecule has 2 rings (SSSR count). The first-order chi connectivity index (χ1) is 13.9. The quantitative estimate of drug-likeness (QED) is 0.671. The molecule has 0 aliphatic heterocycles. The van der Waals surface area contributed by atoms with Crippen molar-refractivity contribution in [1.82, 2.24) is 10.2 Å². The fraction of sp³-hybridized carbons (Fsp3) is 0.333. The number of imide groups is 1. The average Bonchev–Trinajstić information content (AvgIpc) is 2.65. The van der Waals surface area contributed by atoms with Crippen LogP contribution in [0.2, 0.25) is 0 Å². The summed E-state index contributed by atoms with van der Waals surface area (Å²) >= 11 is 0. The number of nitrogens with one attached hydrogen (secondary N) is 2. The van der Waals surface area contributed by atoms with E-state index in [-0.39, 0.29) is 18.9 Å². The molecule has 0 heterocycles. The van der Waals surface area contributed by atoms with E-state index >= 15 is 0 Å². The van der Waals surface area contributed by atoms with Crippen molar-refractivity contribution in [2.45, 2.75) is 20.4 Å². The highest BCUT2D eigenvalue weighted by atomic mass is 19.1. The average molecular weight is 403 g/mol. The van der Waals surface area contributed by atoms with Gasteiger partial charge < -0.3 is 14.8 Å². The molecule has 2 N–H and O–H groups in total. The molecule has 0 aliphatic carbocycles. The minimum absolute atomic E-state index is 0.0603. The van der Waals surface area contributed by atoms with Gasteiger partial charge in [0, 0.05) is 23.9 Å². The number of urea groups is 1. The fourth-order valence-corrected chi connectivity index (χ4v) is 2.68. The van der Waals surface area contributed by atoms with Crippen molar-refractivity contribution in [1.29, 1.82) is 0 Å². The van der Waals surface area contributed by atoms with Crippen LogP contribution in [-0.4, -0.2) is 43.6 Å². The van der Waals surface area contributed by atoms with Crippen molar-refractivity contribution < 1.29 is 23.5 Å². The number of amides is 3. The summed E-state index contributed by atoms with van der Waals surface area (Å²) in [6, 6.07) is 10.7. The molecule has 0 aliphatic rings. The van der Waals surface area contributed by atoms with Crippen LogP contribution in [0, 0.1) is 5.82 Å². The summed E-state index contributed by atoms with van der Waals surface area (Å²) in [4.78, 5) is 25.8. The Morgan fingerprint density at radius 3 is 2.41 bits per heavy atom. The number of carbonyl (C=O) groups excluding carboxylic acids is 2.